The lowest BCUT2D eigenvalue weighted by Gasteiger charge is -2.16. The number of methoxy groups -OCH3 is 1. The minimum atomic E-state index is -0.286. The molecule has 1 aromatic heterocycles. The zero-order valence-corrected chi connectivity index (χ0v) is 12.5. The van der Waals surface area contributed by atoms with Gasteiger partial charge in [-0.3, -0.25) is 4.79 Å². The van der Waals surface area contributed by atoms with Gasteiger partial charge in [0.2, 0.25) is 0 Å². The summed E-state index contributed by atoms with van der Waals surface area (Å²) in [4.78, 5) is 16.1. The molecule has 2 rings (SSSR count). The molecule has 0 aliphatic heterocycles. The third kappa shape index (κ3) is 3.92. The maximum atomic E-state index is 11.7. The zero-order valence-electron chi connectivity index (χ0n) is 12.5. The lowest BCUT2D eigenvalue weighted by molar-refractivity contribution is -0.143. The van der Waals surface area contributed by atoms with E-state index in [0.29, 0.717) is 13.0 Å². The molecule has 5 nitrogen and oxygen atoms in total. The Kier molecular flexibility index (Phi) is 5.51. The van der Waals surface area contributed by atoms with E-state index in [9.17, 15) is 4.79 Å². The monoisotopic (exact) mass is 287 g/mol. The number of nitrogens with zero attached hydrogens (tertiary/aromatic N) is 2. The van der Waals surface area contributed by atoms with Gasteiger partial charge in [0.25, 0.3) is 0 Å². The third-order valence-electron chi connectivity index (χ3n) is 3.34. The third-order valence-corrected chi connectivity index (χ3v) is 3.34. The smallest absolute Gasteiger partial charge is 0.322 e. The van der Waals surface area contributed by atoms with E-state index in [4.69, 9.17) is 4.74 Å². The van der Waals surface area contributed by atoms with Crippen molar-refractivity contribution >= 4 is 5.97 Å². The van der Waals surface area contributed by atoms with Crippen LogP contribution < -0.4 is 5.32 Å². The Morgan fingerprint density at radius 2 is 2.14 bits per heavy atom. The SMILES string of the molecule is CCNC(CCn1ccnc1-c1ccccc1)C(=O)OC. The Bertz CT molecular complexity index is 566. The standard InChI is InChI=1S/C16H21N3O2/c1-3-17-14(16(20)21-2)9-11-19-12-10-18-15(19)13-7-5-4-6-8-13/h4-8,10,12,14,17H,3,9,11H2,1-2H3. The van der Waals surface area contributed by atoms with Gasteiger partial charge in [0.05, 0.1) is 7.11 Å². The predicted octanol–water partition coefficient (Wildman–Crippen LogP) is 2.09. The van der Waals surface area contributed by atoms with Crippen molar-refractivity contribution in [2.45, 2.75) is 25.9 Å². The number of aryl methyl sites for hydroxylation is 1. The van der Waals surface area contributed by atoms with Crippen LogP contribution in [0, 0.1) is 0 Å². The van der Waals surface area contributed by atoms with Crippen LogP contribution in [-0.4, -0.2) is 35.2 Å². The summed E-state index contributed by atoms with van der Waals surface area (Å²) in [5.74, 6) is 0.689. The number of esters is 1. The summed E-state index contributed by atoms with van der Waals surface area (Å²) < 4.78 is 6.88. The minimum Gasteiger partial charge on any atom is -0.468 e. The molecular weight excluding hydrogens is 266 g/mol. The quantitative estimate of drug-likeness (QED) is 0.792. The van der Waals surface area contributed by atoms with E-state index < -0.39 is 0 Å². The van der Waals surface area contributed by atoms with Gasteiger partial charge in [0.15, 0.2) is 0 Å². The second-order valence-corrected chi connectivity index (χ2v) is 4.73. The predicted molar refractivity (Wildman–Crippen MR) is 81.8 cm³/mol. The number of carbonyl (C=O) groups excluding carboxylic acids is 1. The highest BCUT2D eigenvalue weighted by atomic mass is 16.5. The number of ether oxygens (including phenoxy) is 1. The molecule has 112 valence electrons. The van der Waals surface area contributed by atoms with Crippen LogP contribution in [0.2, 0.25) is 0 Å². The van der Waals surface area contributed by atoms with Gasteiger partial charge in [-0.15, -0.1) is 0 Å². The minimum absolute atomic E-state index is 0.224. The van der Waals surface area contributed by atoms with Crippen molar-refractivity contribution in [2.75, 3.05) is 13.7 Å². The van der Waals surface area contributed by atoms with E-state index in [2.05, 4.69) is 14.9 Å². The van der Waals surface area contributed by atoms with Crippen molar-refractivity contribution in [2.24, 2.45) is 0 Å². The summed E-state index contributed by atoms with van der Waals surface area (Å²) in [6.45, 7) is 3.41. The molecule has 0 aliphatic rings. The van der Waals surface area contributed by atoms with Gasteiger partial charge in [0.1, 0.15) is 11.9 Å². The first-order chi connectivity index (χ1) is 10.3. The highest BCUT2D eigenvalue weighted by Crippen LogP contribution is 2.17. The van der Waals surface area contributed by atoms with Crippen LogP contribution in [-0.2, 0) is 16.1 Å². The van der Waals surface area contributed by atoms with Crippen LogP contribution >= 0.6 is 0 Å². The fraction of sp³-hybridized carbons (Fsp3) is 0.375. The van der Waals surface area contributed by atoms with Crippen LogP contribution in [0.1, 0.15) is 13.3 Å². The molecule has 0 saturated heterocycles. The second kappa shape index (κ2) is 7.59. The first-order valence-corrected chi connectivity index (χ1v) is 7.14. The van der Waals surface area contributed by atoms with Crippen LogP contribution in [0.15, 0.2) is 42.7 Å². The first kappa shape index (κ1) is 15.3. The van der Waals surface area contributed by atoms with Crippen molar-refractivity contribution in [3.8, 4) is 11.4 Å². The fourth-order valence-electron chi connectivity index (χ4n) is 2.30. The van der Waals surface area contributed by atoms with E-state index in [1.54, 1.807) is 6.20 Å². The number of imidazole rings is 1. The van der Waals surface area contributed by atoms with Gasteiger partial charge < -0.3 is 14.6 Å². The number of likely N-dealkylation sites (N-methyl/N-ethyl adjacent to an activating group) is 1. The van der Waals surface area contributed by atoms with Crippen molar-refractivity contribution in [1.29, 1.82) is 0 Å². The van der Waals surface area contributed by atoms with E-state index >= 15 is 0 Å². The number of rotatable bonds is 7. The fourth-order valence-corrected chi connectivity index (χ4v) is 2.30. The lowest BCUT2D eigenvalue weighted by Crippen LogP contribution is -2.38. The summed E-state index contributed by atoms with van der Waals surface area (Å²) in [6.07, 6.45) is 4.38. The Balaban J connectivity index is 2.07. The Labute approximate surface area is 125 Å². The Morgan fingerprint density at radius 3 is 2.81 bits per heavy atom. The highest BCUT2D eigenvalue weighted by Gasteiger charge is 2.18. The molecule has 1 unspecified atom stereocenters. The summed E-state index contributed by atoms with van der Waals surface area (Å²) in [6, 6.07) is 9.73. The number of nitrogens with one attached hydrogen (secondary N) is 1. The van der Waals surface area contributed by atoms with Gasteiger partial charge in [-0.1, -0.05) is 37.3 Å². The van der Waals surface area contributed by atoms with Gasteiger partial charge in [-0.2, -0.15) is 0 Å². The van der Waals surface area contributed by atoms with Crippen LogP contribution in [0.3, 0.4) is 0 Å². The highest BCUT2D eigenvalue weighted by molar-refractivity contribution is 5.75. The van der Waals surface area contributed by atoms with Crippen LogP contribution in [0.25, 0.3) is 11.4 Å². The van der Waals surface area contributed by atoms with Crippen molar-refractivity contribution in [3.63, 3.8) is 0 Å². The average molecular weight is 287 g/mol. The number of hydrogen-bond donors (Lipinski definition) is 1. The van der Waals surface area contributed by atoms with Gasteiger partial charge >= 0.3 is 5.97 Å². The van der Waals surface area contributed by atoms with Crippen molar-refractivity contribution in [3.05, 3.63) is 42.7 Å². The molecule has 2 aromatic rings. The van der Waals surface area contributed by atoms with E-state index in [1.165, 1.54) is 7.11 Å². The second-order valence-electron chi connectivity index (χ2n) is 4.73. The molecule has 1 atom stereocenters. The summed E-state index contributed by atoms with van der Waals surface area (Å²) in [5, 5.41) is 3.15. The topological polar surface area (TPSA) is 56.2 Å². The summed E-state index contributed by atoms with van der Waals surface area (Å²) in [5.41, 5.74) is 1.07. The Morgan fingerprint density at radius 1 is 1.38 bits per heavy atom. The molecule has 1 N–H and O–H groups in total. The molecule has 1 aromatic carbocycles. The lowest BCUT2D eigenvalue weighted by atomic mass is 10.2. The summed E-state index contributed by atoms with van der Waals surface area (Å²) >= 11 is 0. The van der Waals surface area contributed by atoms with Gasteiger partial charge in [-0.05, 0) is 13.0 Å². The maximum absolute atomic E-state index is 11.7. The average Bonchev–Trinajstić information content (AvgIpc) is 3.00. The normalized spacial score (nSPS) is 12.1. The van der Waals surface area contributed by atoms with E-state index in [-0.39, 0.29) is 12.0 Å². The van der Waals surface area contributed by atoms with Crippen LogP contribution in [0.4, 0.5) is 0 Å². The van der Waals surface area contributed by atoms with Crippen molar-refractivity contribution < 1.29 is 9.53 Å². The first-order valence-electron chi connectivity index (χ1n) is 7.14. The largest absolute Gasteiger partial charge is 0.468 e. The number of hydrogen-bond acceptors (Lipinski definition) is 4. The molecule has 0 amide bonds. The number of benzene rings is 1. The molecule has 0 saturated carbocycles. The van der Waals surface area contributed by atoms with Gasteiger partial charge in [0, 0.05) is 24.5 Å². The van der Waals surface area contributed by atoms with Crippen LogP contribution in [0.5, 0.6) is 0 Å². The number of aromatic nitrogens is 2. The Hall–Kier alpha value is -2.14. The van der Waals surface area contributed by atoms with Gasteiger partial charge in [-0.25, -0.2) is 4.98 Å². The molecule has 21 heavy (non-hydrogen) atoms. The molecule has 0 radical (unpaired) electrons. The van der Waals surface area contributed by atoms with Crippen molar-refractivity contribution in [1.82, 2.24) is 14.9 Å². The molecule has 0 bridgehead atoms. The molecule has 0 fully saturated rings. The maximum Gasteiger partial charge on any atom is 0.322 e. The zero-order chi connectivity index (χ0) is 15.1. The molecular formula is C16H21N3O2. The van der Waals surface area contributed by atoms with E-state index in [0.717, 1.165) is 17.9 Å². The molecule has 5 heteroatoms. The number of carbonyl (C=O) groups is 1. The molecule has 0 spiro atoms. The van der Waals surface area contributed by atoms with E-state index in [1.807, 2.05) is 43.5 Å². The molecule has 0 aliphatic carbocycles. The molecule has 1 heterocycles. The summed E-state index contributed by atoms with van der Waals surface area (Å²) in [7, 11) is 1.42.